The van der Waals surface area contributed by atoms with Crippen LogP contribution in [0.3, 0.4) is 0 Å². The molecular formula is C12H14F. The lowest BCUT2D eigenvalue weighted by molar-refractivity contribution is 0.610. The summed E-state index contributed by atoms with van der Waals surface area (Å²) in [4.78, 5) is 0. The van der Waals surface area contributed by atoms with Crippen molar-refractivity contribution in [2.45, 2.75) is 32.6 Å². The zero-order valence-electron chi connectivity index (χ0n) is 8.10. The standard InChI is InChI=1S/C12H14F/c1-8(2)10-5-6-12(13)11(7-10)9-3-4-9/h5-7,9H,3-4H2,1-2H3. The van der Waals surface area contributed by atoms with Gasteiger partial charge in [0.1, 0.15) is 5.82 Å². The number of rotatable bonds is 2. The van der Waals surface area contributed by atoms with Crippen molar-refractivity contribution in [3.63, 3.8) is 0 Å². The van der Waals surface area contributed by atoms with Crippen molar-refractivity contribution in [2.75, 3.05) is 0 Å². The highest BCUT2D eigenvalue weighted by Crippen LogP contribution is 2.41. The molecule has 0 atom stereocenters. The smallest absolute Gasteiger partial charge is 0.126 e. The lowest BCUT2D eigenvalue weighted by atomic mass is 9.99. The first-order valence-electron chi connectivity index (χ1n) is 4.78. The summed E-state index contributed by atoms with van der Waals surface area (Å²) in [6, 6.07) is 5.45. The monoisotopic (exact) mass is 177 g/mol. The summed E-state index contributed by atoms with van der Waals surface area (Å²) in [5, 5.41) is 0. The molecule has 0 nitrogen and oxygen atoms in total. The highest BCUT2D eigenvalue weighted by atomic mass is 19.1. The molecule has 2 rings (SSSR count). The van der Waals surface area contributed by atoms with E-state index in [1.54, 1.807) is 6.07 Å². The zero-order chi connectivity index (χ0) is 9.42. The molecular weight excluding hydrogens is 163 g/mol. The molecule has 0 unspecified atom stereocenters. The minimum absolute atomic E-state index is 0.0347. The van der Waals surface area contributed by atoms with E-state index < -0.39 is 0 Å². The molecule has 0 saturated heterocycles. The average molecular weight is 177 g/mol. The van der Waals surface area contributed by atoms with Crippen LogP contribution < -0.4 is 0 Å². The first-order valence-corrected chi connectivity index (χ1v) is 4.78. The van der Waals surface area contributed by atoms with Crippen LogP contribution in [0, 0.1) is 11.7 Å². The van der Waals surface area contributed by atoms with Gasteiger partial charge in [0.05, 0.1) is 0 Å². The van der Waals surface area contributed by atoms with Gasteiger partial charge in [-0.05, 0) is 41.9 Å². The minimum atomic E-state index is -0.0347. The Balaban J connectivity index is 2.36. The molecule has 1 heteroatoms. The predicted molar refractivity (Wildman–Crippen MR) is 52.1 cm³/mol. The van der Waals surface area contributed by atoms with E-state index >= 15 is 0 Å². The quantitative estimate of drug-likeness (QED) is 0.646. The Kier molecular flexibility index (Phi) is 2.10. The SMILES string of the molecule is C[C](C)c1ccc(F)c(C2CC2)c1. The van der Waals surface area contributed by atoms with Crippen molar-refractivity contribution in [3.8, 4) is 0 Å². The summed E-state index contributed by atoms with van der Waals surface area (Å²) >= 11 is 0. The summed E-state index contributed by atoms with van der Waals surface area (Å²) in [5.41, 5.74) is 2.09. The van der Waals surface area contributed by atoms with Gasteiger partial charge in [0.15, 0.2) is 0 Å². The van der Waals surface area contributed by atoms with E-state index in [-0.39, 0.29) is 5.82 Å². The summed E-state index contributed by atoms with van der Waals surface area (Å²) in [7, 11) is 0. The van der Waals surface area contributed by atoms with Gasteiger partial charge in [-0.1, -0.05) is 26.0 Å². The average Bonchev–Trinajstić information content (AvgIpc) is 2.87. The van der Waals surface area contributed by atoms with Crippen LogP contribution >= 0.6 is 0 Å². The summed E-state index contributed by atoms with van der Waals surface area (Å²) in [6.45, 7) is 4.12. The Morgan fingerprint density at radius 1 is 1.31 bits per heavy atom. The van der Waals surface area contributed by atoms with Crippen molar-refractivity contribution in [1.82, 2.24) is 0 Å². The van der Waals surface area contributed by atoms with Gasteiger partial charge in [-0.25, -0.2) is 4.39 Å². The van der Waals surface area contributed by atoms with Crippen LogP contribution in [0.4, 0.5) is 4.39 Å². The molecule has 1 aromatic carbocycles. The third-order valence-corrected chi connectivity index (χ3v) is 2.59. The van der Waals surface area contributed by atoms with Crippen LogP contribution in [-0.2, 0) is 0 Å². The molecule has 0 spiro atoms. The molecule has 1 aliphatic carbocycles. The number of halogens is 1. The van der Waals surface area contributed by atoms with Crippen molar-refractivity contribution in [1.29, 1.82) is 0 Å². The Morgan fingerprint density at radius 2 is 2.00 bits per heavy atom. The van der Waals surface area contributed by atoms with Gasteiger partial charge < -0.3 is 0 Å². The van der Waals surface area contributed by atoms with Gasteiger partial charge in [0, 0.05) is 0 Å². The van der Waals surface area contributed by atoms with Crippen LogP contribution in [0.1, 0.15) is 43.7 Å². The Morgan fingerprint density at radius 3 is 2.54 bits per heavy atom. The fourth-order valence-electron chi connectivity index (χ4n) is 1.56. The first-order chi connectivity index (χ1) is 6.18. The second-order valence-electron chi connectivity index (χ2n) is 4.01. The van der Waals surface area contributed by atoms with E-state index in [0.29, 0.717) is 5.92 Å². The van der Waals surface area contributed by atoms with Crippen molar-refractivity contribution < 1.29 is 4.39 Å². The van der Waals surface area contributed by atoms with Crippen LogP contribution in [0.15, 0.2) is 18.2 Å². The fraction of sp³-hybridized carbons (Fsp3) is 0.417. The van der Waals surface area contributed by atoms with E-state index in [2.05, 4.69) is 13.8 Å². The van der Waals surface area contributed by atoms with E-state index in [4.69, 9.17) is 0 Å². The van der Waals surface area contributed by atoms with E-state index in [0.717, 1.165) is 18.4 Å². The topological polar surface area (TPSA) is 0 Å². The highest BCUT2D eigenvalue weighted by Gasteiger charge is 2.26. The molecule has 0 bridgehead atoms. The first kappa shape index (κ1) is 8.74. The number of benzene rings is 1. The Hall–Kier alpha value is -0.850. The molecule has 1 saturated carbocycles. The maximum absolute atomic E-state index is 13.3. The van der Waals surface area contributed by atoms with Gasteiger partial charge in [0.25, 0.3) is 0 Å². The maximum atomic E-state index is 13.3. The largest absolute Gasteiger partial charge is 0.207 e. The molecule has 0 aliphatic heterocycles. The molecule has 0 heterocycles. The third kappa shape index (κ3) is 1.74. The molecule has 0 amide bonds. The molecule has 69 valence electrons. The van der Waals surface area contributed by atoms with Crippen LogP contribution in [0.25, 0.3) is 0 Å². The van der Waals surface area contributed by atoms with E-state index in [9.17, 15) is 4.39 Å². The maximum Gasteiger partial charge on any atom is 0.126 e. The molecule has 0 aromatic heterocycles. The lowest BCUT2D eigenvalue weighted by Crippen LogP contribution is -1.93. The van der Waals surface area contributed by atoms with Gasteiger partial charge in [-0.2, -0.15) is 0 Å². The third-order valence-electron chi connectivity index (χ3n) is 2.59. The van der Waals surface area contributed by atoms with Gasteiger partial charge in [0.2, 0.25) is 0 Å². The lowest BCUT2D eigenvalue weighted by Gasteiger charge is -2.07. The second-order valence-corrected chi connectivity index (χ2v) is 4.01. The zero-order valence-corrected chi connectivity index (χ0v) is 8.10. The number of hydrogen-bond acceptors (Lipinski definition) is 0. The van der Waals surface area contributed by atoms with Crippen molar-refractivity contribution >= 4 is 0 Å². The molecule has 1 radical (unpaired) electrons. The summed E-state index contributed by atoms with van der Waals surface area (Å²) in [5.74, 6) is 1.72. The Bertz CT molecular complexity index is 311. The van der Waals surface area contributed by atoms with Crippen LogP contribution in [0.5, 0.6) is 0 Å². The van der Waals surface area contributed by atoms with Gasteiger partial charge in [-0.3, -0.25) is 0 Å². The highest BCUT2D eigenvalue weighted by molar-refractivity contribution is 5.36. The molecule has 1 aromatic rings. The minimum Gasteiger partial charge on any atom is -0.207 e. The molecule has 1 aliphatic rings. The molecule has 0 N–H and O–H groups in total. The second kappa shape index (κ2) is 3.13. The van der Waals surface area contributed by atoms with E-state index in [1.807, 2.05) is 12.1 Å². The normalized spacial score (nSPS) is 16.6. The Labute approximate surface area is 78.8 Å². The van der Waals surface area contributed by atoms with Crippen LogP contribution in [-0.4, -0.2) is 0 Å². The van der Waals surface area contributed by atoms with E-state index in [1.165, 1.54) is 11.5 Å². The summed E-state index contributed by atoms with van der Waals surface area (Å²) < 4.78 is 13.3. The number of hydrogen-bond donors (Lipinski definition) is 0. The molecule has 1 fully saturated rings. The van der Waals surface area contributed by atoms with Crippen molar-refractivity contribution in [2.24, 2.45) is 0 Å². The van der Waals surface area contributed by atoms with Crippen molar-refractivity contribution in [3.05, 3.63) is 41.1 Å². The van der Waals surface area contributed by atoms with Gasteiger partial charge >= 0.3 is 0 Å². The fourth-order valence-corrected chi connectivity index (χ4v) is 1.56. The molecule has 13 heavy (non-hydrogen) atoms. The predicted octanol–water partition coefficient (Wildman–Crippen LogP) is 3.67. The van der Waals surface area contributed by atoms with Crippen LogP contribution in [0.2, 0.25) is 0 Å². The summed E-state index contributed by atoms with van der Waals surface area (Å²) in [6.07, 6.45) is 2.31. The van der Waals surface area contributed by atoms with Gasteiger partial charge in [-0.15, -0.1) is 0 Å².